The van der Waals surface area contributed by atoms with E-state index in [1.165, 1.54) is 86.9 Å². The standard InChI is InChI=1S/C52H32N2/c1-3-29-53-43-27-15-13-25-41(43)47-50(46-39-23-11-7-19-35(39)32-36-20-8-12-24-40(36)46)52-48(42-26-14-16-28-44(42)54(52)30-4-2)49(51(47)53)45-37-21-9-5-17-33(37)31-34-18-6-10-22-38(34)45/h1-2,5-28,31-32H,29-30H2. The Morgan fingerprint density at radius 2 is 0.648 bits per heavy atom. The van der Waals surface area contributed by atoms with Gasteiger partial charge in [-0.1, -0.05) is 145 Å². The van der Waals surface area contributed by atoms with Crippen LogP contribution in [0.1, 0.15) is 0 Å². The molecule has 2 heterocycles. The quantitative estimate of drug-likeness (QED) is 0.129. The molecule has 250 valence electrons. The Morgan fingerprint density at radius 1 is 0.352 bits per heavy atom. The second kappa shape index (κ2) is 11.6. The van der Waals surface area contributed by atoms with Crippen LogP contribution in [0.5, 0.6) is 0 Å². The van der Waals surface area contributed by atoms with Crippen molar-refractivity contribution in [1.82, 2.24) is 9.13 Å². The summed E-state index contributed by atoms with van der Waals surface area (Å²) in [4.78, 5) is 0. The van der Waals surface area contributed by atoms with Crippen LogP contribution in [0.4, 0.5) is 0 Å². The minimum atomic E-state index is 0.421. The van der Waals surface area contributed by atoms with E-state index in [2.05, 4.69) is 179 Å². The van der Waals surface area contributed by atoms with Crippen LogP contribution in [-0.2, 0) is 13.1 Å². The molecule has 2 nitrogen and oxygen atoms in total. The van der Waals surface area contributed by atoms with Gasteiger partial charge in [-0.3, -0.25) is 0 Å². The highest BCUT2D eigenvalue weighted by molar-refractivity contribution is 6.37. The minimum absolute atomic E-state index is 0.421. The number of fused-ring (bicyclic) bond motifs is 10. The Balaban J connectivity index is 1.55. The molecule has 0 aliphatic heterocycles. The summed E-state index contributed by atoms with van der Waals surface area (Å²) in [5.41, 5.74) is 9.28. The van der Waals surface area contributed by atoms with Crippen molar-refractivity contribution in [3.8, 4) is 46.9 Å². The molecular formula is C52H32N2. The normalized spacial score (nSPS) is 11.8. The second-order valence-corrected chi connectivity index (χ2v) is 14.2. The largest absolute Gasteiger partial charge is 0.328 e. The summed E-state index contributed by atoms with van der Waals surface area (Å²) >= 11 is 0. The van der Waals surface area contributed by atoms with E-state index in [9.17, 15) is 0 Å². The van der Waals surface area contributed by atoms with Gasteiger partial charge < -0.3 is 9.13 Å². The summed E-state index contributed by atoms with van der Waals surface area (Å²) < 4.78 is 4.78. The fraction of sp³-hybridized carbons (Fsp3) is 0.0385. The lowest BCUT2D eigenvalue weighted by molar-refractivity contribution is 0.922. The van der Waals surface area contributed by atoms with Crippen LogP contribution < -0.4 is 0 Å². The second-order valence-electron chi connectivity index (χ2n) is 14.2. The molecule has 0 saturated carbocycles. The first-order valence-corrected chi connectivity index (χ1v) is 18.4. The van der Waals surface area contributed by atoms with Crippen molar-refractivity contribution in [2.24, 2.45) is 0 Å². The number of para-hydroxylation sites is 2. The molecule has 0 saturated heterocycles. The predicted molar refractivity (Wildman–Crippen MR) is 231 cm³/mol. The van der Waals surface area contributed by atoms with E-state index in [-0.39, 0.29) is 0 Å². The Kier molecular flexibility index (Phi) is 6.54. The maximum absolute atomic E-state index is 6.32. The van der Waals surface area contributed by atoms with E-state index in [0.717, 1.165) is 22.1 Å². The summed E-state index contributed by atoms with van der Waals surface area (Å²) in [7, 11) is 0. The van der Waals surface area contributed by atoms with Crippen LogP contribution in [0, 0.1) is 24.7 Å². The lowest BCUT2D eigenvalue weighted by Gasteiger charge is -2.21. The van der Waals surface area contributed by atoms with Gasteiger partial charge in [-0.2, -0.15) is 0 Å². The van der Waals surface area contributed by atoms with Crippen molar-refractivity contribution in [2.75, 3.05) is 0 Å². The fourth-order valence-electron chi connectivity index (χ4n) is 9.43. The summed E-state index contributed by atoms with van der Waals surface area (Å²) in [5, 5.41) is 14.3. The van der Waals surface area contributed by atoms with Gasteiger partial charge in [0, 0.05) is 43.8 Å². The van der Waals surface area contributed by atoms with Gasteiger partial charge >= 0.3 is 0 Å². The Morgan fingerprint density at radius 3 is 0.981 bits per heavy atom. The number of hydrogen-bond acceptors (Lipinski definition) is 0. The van der Waals surface area contributed by atoms with Crippen LogP contribution in [-0.4, -0.2) is 9.13 Å². The number of aromatic nitrogens is 2. The Labute approximate surface area is 312 Å². The van der Waals surface area contributed by atoms with Crippen molar-refractivity contribution in [2.45, 2.75) is 13.1 Å². The first kappa shape index (κ1) is 30.4. The van der Waals surface area contributed by atoms with Gasteiger partial charge in [0.25, 0.3) is 0 Å². The van der Waals surface area contributed by atoms with E-state index >= 15 is 0 Å². The van der Waals surface area contributed by atoms with Crippen LogP contribution >= 0.6 is 0 Å². The predicted octanol–water partition coefficient (Wildman–Crippen LogP) is 13.1. The molecule has 0 aliphatic carbocycles. The molecule has 11 rings (SSSR count). The zero-order valence-electron chi connectivity index (χ0n) is 29.5. The number of nitrogens with zero attached hydrogens (tertiary/aromatic N) is 2. The molecule has 0 amide bonds. The highest BCUT2D eigenvalue weighted by Gasteiger charge is 2.30. The molecule has 2 aromatic heterocycles. The van der Waals surface area contributed by atoms with Crippen LogP contribution in [0.15, 0.2) is 158 Å². The van der Waals surface area contributed by atoms with Crippen LogP contribution in [0.3, 0.4) is 0 Å². The number of hydrogen-bond donors (Lipinski definition) is 0. The third-order valence-corrected chi connectivity index (χ3v) is 11.5. The third kappa shape index (κ3) is 4.09. The van der Waals surface area contributed by atoms with Crippen molar-refractivity contribution in [3.63, 3.8) is 0 Å². The van der Waals surface area contributed by atoms with E-state index in [4.69, 9.17) is 12.8 Å². The van der Waals surface area contributed by atoms with Crippen LogP contribution in [0.25, 0.3) is 109 Å². The van der Waals surface area contributed by atoms with Gasteiger partial charge in [-0.05, 0) is 67.4 Å². The minimum Gasteiger partial charge on any atom is -0.328 e. The zero-order valence-corrected chi connectivity index (χ0v) is 29.5. The lowest BCUT2D eigenvalue weighted by atomic mass is 9.83. The number of rotatable bonds is 4. The van der Waals surface area contributed by atoms with E-state index in [0.29, 0.717) is 13.1 Å². The summed E-state index contributed by atoms with van der Waals surface area (Å²) in [5.74, 6) is 6.14. The highest BCUT2D eigenvalue weighted by atomic mass is 15.0. The van der Waals surface area contributed by atoms with Gasteiger partial charge in [0.2, 0.25) is 0 Å². The Bertz CT molecular complexity index is 3130. The maximum Gasteiger partial charge on any atom is 0.0841 e. The topological polar surface area (TPSA) is 9.86 Å². The first-order chi connectivity index (χ1) is 26.8. The smallest absolute Gasteiger partial charge is 0.0841 e. The number of terminal acetylenes is 2. The molecule has 0 aliphatic rings. The fourth-order valence-corrected chi connectivity index (χ4v) is 9.43. The SMILES string of the molecule is C#CCn1c2ccccc2c2c(-c3c4ccccc4cc4ccccc34)c3c(c(-c4c5ccccc5cc5ccccc45)c21)c1ccccc1n3CC#C. The van der Waals surface area contributed by atoms with Crippen molar-refractivity contribution in [1.29, 1.82) is 0 Å². The summed E-state index contributed by atoms with van der Waals surface area (Å²) in [6.07, 6.45) is 12.6. The van der Waals surface area contributed by atoms with E-state index in [1.54, 1.807) is 0 Å². The molecular weight excluding hydrogens is 653 g/mol. The van der Waals surface area contributed by atoms with Gasteiger partial charge in [0.05, 0.1) is 35.2 Å². The molecule has 0 bridgehead atoms. The summed E-state index contributed by atoms with van der Waals surface area (Å²) in [6, 6.07) is 57.4. The highest BCUT2D eigenvalue weighted by Crippen LogP contribution is 2.54. The van der Waals surface area contributed by atoms with Crippen LogP contribution in [0.2, 0.25) is 0 Å². The average molecular weight is 685 g/mol. The monoisotopic (exact) mass is 684 g/mol. The van der Waals surface area contributed by atoms with E-state index < -0.39 is 0 Å². The summed E-state index contributed by atoms with van der Waals surface area (Å²) in [6.45, 7) is 0.841. The third-order valence-electron chi connectivity index (χ3n) is 11.5. The molecule has 0 atom stereocenters. The molecule has 9 aromatic carbocycles. The Hall–Kier alpha value is -7.26. The van der Waals surface area contributed by atoms with Crippen molar-refractivity contribution < 1.29 is 0 Å². The molecule has 0 spiro atoms. The molecule has 0 fully saturated rings. The first-order valence-electron chi connectivity index (χ1n) is 18.4. The zero-order chi connectivity index (χ0) is 35.9. The van der Waals surface area contributed by atoms with Gasteiger partial charge in [-0.15, -0.1) is 12.8 Å². The maximum atomic E-state index is 6.32. The average Bonchev–Trinajstić information content (AvgIpc) is 3.72. The molecule has 2 heteroatoms. The van der Waals surface area contributed by atoms with E-state index in [1.807, 2.05) is 0 Å². The molecule has 11 aromatic rings. The van der Waals surface area contributed by atoms with Gasteiger partial charge in [0.15, 0.2) is 0 Å². The van der Waals surface area contributed by atoms with Gasteiger partial charge in [-0.25, -0.2) is 0 Å². The molecule has 0 N–H and O–H groups in total. The molecule has 0 unspecified atom stereocenters. The molecule has 0 radical (unpaired) electrons. The van der Waals surface area contributed by atoms with Crippen molar-refractivity contribution >= 4 is 86.7 Å². The number of benzene rings is 9. The van der Waals surface area contributed by atoms with Gasteiger partial charge in [0.1, 0.15) is 0 Å². The molecule has 54 heavy (non-hydrogen) atoms. The lowest BCUT2D eigenvalue weighted by Crippen LogP contribution is -2.01. The van der Waals surface area contributed by atoms with Crippen molar-refractivity contribution in [3.05, 3.63) is 158 Å².